The summed E-state index contributed by atoms with van der Waals surface area (Å²) >= 11 is 9.47. The Balaban J connectivity index is 2.10. The van der Waals surface area contributed by atoms with Gasteiger partial charge < -0.3 is 5.73 Å². The average Bonchev–Trinajstić information content (AvgIpc) is 2.78. The summed E-state index contributed by atoms with van der Waals surface area (Å²) in [5.41, 5.74) is 7.06. The highest BCUT2D eigenvalue weighted by molar-refractivity contribution is 8.01. The Morgan fingerprint density at radius 3 is 2.79 bits per heavy atom. The molecule has 0 bridgehead atoms. The van der Waals surface area contributed by atoms with Gasteiger partial charge in [0.1, 0.15) is 5.01 Å². The van der Waals surface area contributed by atoms with E-state index in [1.165, 1.54) is 0 Å². The van der Waals surface area contributed by atoms with E-state index in [0.29, 0.717) is 0 Å². The van der Waals surface area contributed by atoms with Crippen LogP contribution in [0.5, 0.6) is 0 Å². The van der Waals surface area contributed by atoms with Crippen molar-refractivity contribution < 1.29 is 0 Å². The zero-order chi connectivity index (χ0) is 13.8. The van der Waals surface area contributed by atoms with Crippen molar-refractivity contribution in [1.82, 2.24) is 10.2 Å². The van der Waals surface area contributed by atoms with Gasteiger partial charge in [-0.1, -0.05) is 47.7 Å². The van der Waals surface area contributed by atoms with E-state index in [1.807, 2.05) is 19.1 Å². The quantitative estimate of drug-likeness (QED) is 0.908. The number of aryl methyl sites for hydroxylation is 1. The number of hydrogen-bond acceptors (Lipinski definition) is 5. The van der Waals surface area contributed by atoms with E-state index in [9.17, 15) is 0 Å². The van der Waals surface area contributed by atoms with Crippen LogP contribution in [0.25, 0.3) is 0 Å². The first-order valence-corrected chi connectivity index (χ1v) is 8.11. The van der Waals surface area contributed by atoms with Crippen molar-refractivity contribution >= 4 is 34.7 Å². The summed E-state index contributed by atoms with van der Waals surface area (Å²) < 4.78 is 0.937. The van der Waals surface area contributed by atoms with Crippen LogP contribution in [0.4, 0.5) is 0 Å². The fourth-order valence-corrected chi connectivity index (χ4v) is 3.76. The van der Waals surface area contributed by atoms with Gasteiger partial charge in [-0.05, 0) is 37.5 Å². The van der Waals surface area contributed by atoms with Crippen LogP contribution in [-0.2, 0) is 6.42 Å². The third-order valence-corrected chi connectivity index (χ3v) is 4.97. The standard InChI is InChI=1S/C13H16ClN3S2/c1-3-10(15)6-9-4-5-11(7-12(9)14)19-13-17-16-8(2)18-13/h4-5,7,10H,3,6,15H2,1-2H3. The smallest absolute Gasteiger partial charge is 0.179 e. The summed E-state index contributed by atoms with van der Waals surface area (Å²) in [5.74, 6) is 0. The summed E-state index contributed by atoms with van der Waals surface area (Å²) in [5, 5.41) is 9.84. The molecule has 102 valence electrons. The van der Waals surface area contributed by atoms with Crippen LogP contribution in [0, 0.1) is 6.92 Å². The lowest BCUT2D eigenvalue weighted by atomic mass is 10.1. The molecule has 3 nitrogen and oxygen atoms in total. The van der Waals surface area contributed by atoms with Crippen LogP contribution in [0.15, 0.2) is 27.4 Å². The third-order valence-electron chi connectivity index (χ3n) is 2.74. The Hall–Kier alpha value is -0.620. The molecule has 0 saturated carbocycles. The van der Waals surface area contributed by atoms with Crippen molar-refractivity contribution in [2.45, 2.75) is 42.0 Å². The zero-order valence-electron chi connectivity index (χ0n) is 10.9. The molecular formula is C13H16ClN3S2. The Morgan fingerprint density at radius 2 is 2.21 bits per heavy atom. The first-order chi connectivity index (χ1) is 9.08. The number of rotatable bonds is 5. The minimum Gasteiger partial charge on any atom is -0.327 e. The second kappa shape index (κ2) is 6.70. The lowest BCUT2D eigenvalue weighted by Crippen LogP contribution is -2.21. The van der Waals surface area contributed by atoms with Gasteiger partial charge in [-0.3, -0.25) is 0 Å². The van der Waals surface area contributed by atoms with Crippen LogP contribution in [0.2, 0.25) is 5.02 Å². The Labute approximate surface area is 126 Å². The molecule has 0 aliphatic heterocycles. The molecule has 0 aliphatic rings. The summed E-state index contributed by atoms with van der Waals surface area (Å²) in [4.78, 5) is 1.08. The highest BCUT2D eigenvalue weighted by atomic mass is 35.5. The fourth-order valence-electron chi connectivity index (χ4n) is 1.60. The summed E-state index contributed by atoms with van der Waals surface area (Å²) in [6, 6.07) is 6.25. The molecule has 2 aromatic rings. The molecule has 1 unspecified atom stereocenters. The van der Waals surface area contributed by atoms with E-state index in [4.69, 9.17) is 17.3 Å². The molecule has 1 heterocycles. The van der Waals surface area contributed by atoms with Crippen LogP contribution in [0.1, 0.15) is 23.9 Å². The second-order valence-corrected chi connectivity index (χ2v) is 7.22. The lowest BCUT2D eigenvalue weighted by molar-refractivity contribution is 0.646. The van der Waals surface area contributed by atoms with E-state index in [-0.39, 0.29) is 6.04 Å². The molecule has 6 heteroatoms. The van der Waals surface area contributed by atoms with Gasteiger partial charge in [0.05, 0.1) is 0 Å². The first kappa shape index (κ1) is 14.8. The first-order valence-electron chi connectivity index (χ1n) is 6.10. The highest BCUT2D eigenvalue weighted by Gasteiger charge is 2.08. The number of nitrogens with zero attached hydrogens (tertiary/aromatic N) is 2. The number of nitrogens with two attached hydrogens (primary N) is 1. The van der Waals surface area contributed by atoms with Gasteiger partial charge in [-0.15, -0.1) is 10.2 Å². The molecule has 0 radical (unpaired) electrons. The van der Waals surface area contributed by atoms with E-state index < -0.39 is 0 Å². The van der Waals surface area contributed by atoms with Crippen molar-refractivity contribution in [3.63, 3.8) is 0 Å². The molecule has 0 saturated heterocycles. The average molecular weight is 314 g/mol. The van der Waals surface area contributed by atoms with Gasteiger partial charge >= 0.3 is 0 Å². The molecule has 1 aromatic carbocycles. The lowest BCUT2D eigenvalue weighted by Gasteiger charge is -2.10. The fraction of sp³-hybridized carbons (Fsp3) is 0.385. The highest BCUT2D eigenvalue weighted by Crippen LogP contribution is 2.32. The predicted octanol–water partition coefficient (Wildman–Crippen LogP) is 3.93. The van der Waals surface area contributed by atoms with E-state index in [2.05, 4.69) is 23.2 Å². The minimum atomic E-state index is 0.168. The Bertz CT molecular complexity index is 557. The predicted molar refractivity (Wildman–Crippen MR) is 82.2 cm³/mol. The van der Waals surface area contributed by atoms with Crippen molar-refractivity contribution in [3.8, 4) is 0 Å². The molecular weight excluding hydrogens is 298 g/mol. The number of halogens is 1. The van der Waals surface area contributed by atoms with Crippen LogP contribution in [-0.4, -0.2) is 16.2 Å². The van der Waals surface area contributed by atoms with E-state index in [1.54, 1.807) is 23.1 Å². The summed E-state index contributed by atoms with van der Waals surface area (Å²) in [7, 11) is 0. The van der Waals surface area contributed by atoms with Crippen LogP contribution in [0.3, 0.4) is 0 Å². The second-order valence-electron chi connectivity index (χ2n) is 4.31. The molecule has 0 fully saturated rings. The number of benzene rings is 1. The van der Waals surface area contributed by atoms with Gasteiger partial charge in [0.15, 0.2) is 4.34 Å². The van der Waals surface area contributed by atoms with Gasteiger partial charge in [0, 0.05) is 16.0 Å². The van der Waals surface area contributed by atoms with Gasteiger partial charge in [-0.2, -0.15) is 0 Å². The minimum absolute atomic E-state index is 0.168. The molecule has 1 atom stereocenters. The summed E-state index contributed by atoms with van der Waals surface area (Å²) in [6.07, 6.45) is 1.77. The van der Waals surface area contributed by atoms with Crippen molar-refractivity contribution in [1.29, 1.82) is 0 Å². The maximum atomic E-state index is 6.30. The number of hydrogen-bond donors (Lipinski definition) is 1. The van der Waals surface area contributed by atoms with Crippen molar-refractivity contribution in [2.75, 3.05) is 0 Å². The van der Waals surface area contributed by atoms with Gasteiger partial charge in [0.25, 0.3) is 0 Å². The maximum absolute atomic E-state index is 6.30. The van der Waals surface area contributed by atoms with Crippen LogP contribution >= 0.6 is 34.7 Å². The van der Waals surface area contributed by atoms with Crippen molar-refractivity contribution in [3.05, 3.63) is 33.8 Å². The molecule has 2 N–H and O–H groups in total. The molecule has 19 heavy (non-hydrogen) atoms. The zero-order valence-corrected chi connectivity index (χ0v) is 13.3. The van der Waals surface area contributed by atoms with E-state index >= 15 is 0 Å². The Morgan fingerprint density at radius 1 is 1.42 bits per heavy atom. The molecule has 0 spiro atoms. The van der Waals surface area contributed by atoms with Gasteiger partial charge in [-0.25, -0.2) is 0 Å². The van der Waals surface area contributed by atoms with Gasteiger partial charge in [0.2, 0.25) is 0 Å². The molecule has 0 aliphatic carbocycles. The van der Waals surface area contributed by atoms with E-state index in [0.717, 1.165) is 37.7 Å². The largest absolute Gasteiger partial charge is 0.327 e. The van der Waals surface area contributed by atoms with Crippen molar-refractivity contribution in [2.24, 2.45) is 5.73 Å². The van der Waals surface area contributed by atoms with Crippen LogP contribution < -0.4 is 5.73 Å². The summed E-state index contributed by atoms with van der Waals surface area (Å²) in [6.45, 7) is 4.03. The maximum Gasteiger partial charge on any atom is 0.179 e. The normalized spacial score (nSPS) is 12.6. The molecule has 2 rings (SSSR count). The number of aromatic nitrogens is 2. The monoisotopic (exact) mass is 313 g/mol. The third kappa shape index (κ3) is 4.18. The Kier molecular flexibility index (Phi) is 5.21. The molecule has 1 aromatic heterocycles. The molecule has 0 amide bonds. The topological polar surface area (TPSA) is 51.8 Å². The SMILES string of the molecule is CCC(N)Cc1ccc(Sc2nnc(C)s2)cc1Cl.